The van der Waals surface area contributed by atoms with Crippen molar-refractivity contribution in [3.63, 3.8) is 0 Å². The summed E-state index contributed by atoms with van der Waals surface area (Å²) in [6.45, 7) is -0.634. The molecule has 0 bridgehead atoms. The molecule has 0 radical (unpaired) electrons. The number of anilines is 1. The first-order valence-electron chi connectivity index (χ1n) is 7.13. The molecule has 11 heteroatoms. The molecular formula is C13H17ClN4O6. The van der Waals surface area contributed by atoms with Crippen LogP contribution in [0.3, 0.4) is 0 Å². The Morgan fingerprint density at radius 2 is 1.79 bits per heavy atom. The number of nitrogens with zero attached hydrogens (tertiary/aromatic N) is 3. The van der Waals surface area contributed by atoms with Gasteiger partial charge in [-0.05, 0) is 6.07 Å². The highest BCUT2D eigenvalue weighted by Gasteiger charge is 2.45. The van der Waals surface area contributed by atoms with E-state index < -0.39 is 43.4 Å². The average Bonchev–Trinajstić information content (AvgIpc) is 2.94. The lowest BCUT2D eigenvalue weighted by molar-refractivity contribution is -0.149. The number of hydrogen-bond donors (Lipinski definition) is 6. The third-order valence-corrected chi connectivity index (χ3v) is 4.32. The van der Waals surface area contributed by atoms with Crippen LogP contribution in [0, 0.1) is 0 Å². The number of nitrogen functional groups attached to an aromatic ring is 1. The van der Waals surface area contributed by atoms with Gasteiger partial charge in [0.1, 0.15) is 41.3 Å². The summed E-state index contributed by atoms with van der Waals surface area (Å²) >= 11 is 6.00. The van der Waals surface area contributed by atoms with E-state index in [2.05, 4.69) is 9.97 Å². The molecule has 1 aliphatic rings. The van der Waals surface area contributed by atoms with Gasteiger partial charge in [0.05, 0.1) is 12.0 Å². The quantitative estimate of drug-likeness (QED) is 0.332. The van der Waals surface area contributed by atoms with Gasteiger partial charge in [-0.15, -0.1) is 0 Å². The van der Waals surface area contributed by atoms with Gasteiger partial charge in [0, 0.05) is 6.20 Å². The monoisotopic (exact) mass is 360 g/mol. The summed E-state index contributed by atoms with van der Waals surface area (Å²) in [4.78, 5) is 7.85. The molecule has 2 aromatic heterocycles. The number of hydrogen-bond acceptors (Lipinski definition) is 9. The maximum absolute atomic E-state index is 10.3. The van der Waals surface area contributed by atoms with Crippen molar-refractivity contribution >= 4 is 28.6 Å². The summed E-state index contributed by atoms with van der Waals surface area (Å²) in [5.41, 5.74) is 5.81. The van der Waals surface area contributed by atoms with Crippen molar-refractivity contribution in [3.05, 3.63) is 17.4 Å². The first-order chi connectivity index (χ1) is 11.3. The van der Waals surface area contributed by atoms with Crippen molar-refractivity contribution in [2.75, 3.05) is 12.3 Å². The van der Waals surface area contributed by atoms with Crippen molar-refractivity contribution in [2.24, 2.45) is 0 Å². The number of rotatable bonds is 2. The summed E-state index contributed by atoms with van der Waals surface area (Å²) < 4.78 is 6.84. The number of nitrogens with two attached hydrogens (primary N) is 1. The standard InChI is InChI=1S/C13H17ClN4O6/c14-10-4-1-2-18(11(4)17-13(15)16-10)12-9(23)8(22)7(21)6(20)5(3-19)24-12/h1-2,5-9,12,19-23H,3H2,(H2,15,16,17)/t5?,6-,7?,8?,9?,12?/m1/s1. The van der Waals surface area contributed by atoms with E-state index >= 15 is 0 Å². The van der Waals surface area contributed by atoms with Crippen molar-refractivity contribution in [2.45, 2.75) is 36.7 Å². The van der Waals surface area contributed by atoms with Gasteiger partial charge in [-0.2, -0.15) is 4.98 Å². The van der Waals surface area contributed by atoms with E-state index in [-0.39, 0.29) is 16.7 Å². The van der Waals surface area contributed by atoms with E-state index in [0.717, 1.165) is 0 Å². The average molecular weight is 361 g/mol. The second kappa shape index (κ2) is 6.41. The number of halogens is 1. The fourth-order valence-corrected chi connectivity index (χ4v) is 2.97. The van der Waals surface area contributed by atoms with Crippen LogP contribution in [0.4, 0.5) is 5.95 Å². The van der Waals surface area contributed by atoms with Gasteiger partial charge in [0.25, 0.3) is 0 Å². The number of fused-ring (bicyclic) bond motifs is 1. The minimum atomic E-state index is -1.71. The molecule has 5 unspecified atom stereocenters. The lowest BCUT2D eigenvalue weighted by Gasteiger charge is -2.27. The Hall–Kier alpha value is -1.53. The Morgan fingerprint density at radius 3 is 2.46 bits per heavy atom. The largest absolute Gasteiger partial charge is 0.394 e. The molecule has 10 nitrogen and oxygen atoms in total. The first kappa shape index (κ1) is 17.3. The van der Waals surface area contributed by atoms with E-state index in [1.165, 1.54) is 10.8 Å². The molecule has 0 amide bonds. The molecule has 1 fully saturated rings. The van der Waals surface area contributed by atoms with Crippen LogP contribution in [-0.4, -0.2) is 77.2 Å². The van der Waals surface area contributed by atoms with E-state index in [1.54, 1.807) is 6.07 Å². The van der Waals surface area contributed by atoms with Gasteiger partial charge < -0.3 is 40.6 Å². The fourth-order valence-electron chi connectivity index (χ4n) is 2.73. The Morgan fingerprint density at radius 1 is 1.12 bits per heavy atom. The lowest BCUT2D eigenvalue weighted by atomic mass is 10.0. The maximum atomic E-state index is 10.3. The molecule has 132 valence electrons. The number of ether oxygens (including phenoxy) is 1. The molecule has 7 N–H and O–H groups in total. The van der Waals surface area contributed by atoms with Gasteiger partial charge in [0.15, 0.2) is 6.23 Å². The third kappa shape index (κ3) is 2.71. The molecule has 2 aromatic rings. The minimum absolute atomic E-state index is 0.0960. The SMILES string of the molecule is Nc1nc(Cl)c2ccn(C3OC(CO)[C@@H](O)C(O)C(O)C3O)c2n1. The summed E-state index contributed by atoms with van der Waals surface area (Å²) in [6.07, 6.45) is -7.63. The van der Waals surface area contributed by atoms with Gasteiger partial charge in [0.2, 0.25) is 5.95 Å². The Kier molecular flexibility index (Phi) is 4.62. The normalized spacial score (nSPS) is 34.4. The van der Waals surface area contributed by atoms with E-state index in [1.807, 2.05) is 0 Å². The van der Waals surface area contributed by atoms with Crippen LogP contribution in [-0.2, 0) is 4.74 Å². The zero-order valence-corrected chi connectivity index (χ0v) is 13.0. The van der Waals surface area contributed by atoms with E-state index in [0.29, 0.717) is 5.39 Å². The molecule has 6 atom stereocenters. The van der Waals surface area contributed by atoms with Crippen LogP contribution in [0.2, 0.25) is 5.15 Å². The van der Waals surface area contributed by atoms with Gasteiger partial charge in [-0.25, -0.2) is 4.98 Å². The molecule has 0 aromatic carbocycles. The number of aromatic nitrogens is 3. The summed E-state index contributed by atoms with van der Waals surface area (Å²) in [6, 6.07) is 1.56. The van der Waals surface area contributed by atoms with Gasteiger partial charge >= 0.3 is 0 Å². The van der Waals surface area contributed by atoms with E-state index in [4.69, 9.17) is 22.1 Å². The highest BCUT2D eigenvalue weighted by Crippen LogP contribution is 2.32. The second-order valence-electron chi connectivity index (χ2n) is 5.54. The molecule has 0 saturated carbocycles. The van der Waals surface area contributed by atoms with Crippen molar-refractivity contribution in [3.8, 4) is 0 Å². The molecule has 0 spiro atoms. The van der Waals surface area contributed by atoms with Crippen molar-refractivity contribution in [1.29, 1.82) is 0 Å². The topological polar surface area (TPSA) is 167 Å². The Labute approximate surface area is 140 Å². The summed E-state index contributed by atoms with van der Waals surface area (Å²) in [5, 5.41) is 50.1. The van der Waals surface area contributed by atoms with Crippen molar-refractivity contribution in [1.82, 2.24) is 14.5 Å². The van der Waals surface area contributed by atoms with Crippen LogP contribution in [0.5, 0.6) is 0 Å². The van der Waals surface area contributed by atoms with Gasteiger partial charge in [-0.1, -0.05) is 11.6 Å². The smallest absolute Gasteiger partial charge is 0.223 e. The third-order valence-electron chi connectivity index (χ3n) is 4.03. The van der Waals surface area contributed by atoms with Crippen LogP contribution >= 0.6 is 11.6 Å². The Bertz CT molecular complexity index is 741. The minimum Gasteiger partial charge on any atom is -0.394 e. The highest BCUT2D eigenvalue weighted by molar-refractivity contribution is 6.34. The molecule has 24 heavy (non-hydrogen) atoms. The maximum Gasteiger partial charge on any atom is 0.223 e. The first-order valence-corrected chi connectivity index (χ1v) is 7.51. The zero-order valence-electron chi connectivity index (χ0n) is 12.3. The second-order valence-corrected chi connectivity index (χ2v) is 5.90. The number of aliphatic hydroxyl groups excluding tert-OH is 5. The van der Waals surface area contributed by atoms with Crippen LogP contribution in [0.1, 0.15) is 6.23 Å². The lowest BCUT2D eigenvalue weighted by Crippen LogP contribution is -2.47. The van der Waals surface area contributed by atoms with Crippen molar-refractivity contribution < 1.29 is 30.3 Å². The summed E-state index contributed by atoms with van der Waals surface area (Å²) in [7, 11) is 0. The summed E-state index contributed by atoms with van der Waals surface area (Å²) in [5.74, 6) is -0.102. The molecular weight excluding hydrogens is 344 g/mol. The molecule has 0 aliphatic carbocycles. The van der Waals surface area contributed by atoms with Crippen LogP contribution < -0.4 is 5.73 Å². The zero-order chi connectivity index (χ0) is 17.6. The number of aliphatic hydroxyl groups is 5. The van der Waals surface area contributed by atoms with E-state index in [9.17, 15) is 25.5 Å². The molecule has 1 saturated heterocycles. The highest BCUT2D eigenvalue weighted by atomic mass is 35.5. The predicted octanol–water partition coefficient (Wildman–Crippen LogP) is -2.00. The Balaban J connectivity index is 2.10. The molecule has 3 rings (SSSR count). The molecule has 3 heterocycles. The van der Waals surface area contributed by atoms with Gasteiger partial charge in [-0.3, -0.25) is 0 Å². The molecule has 1 aliphatic heterocycles. The van der Waals surface area contributed by atoms with Crippen LogP contribution in [0.15, 0.2) is 12.3 Å². The fraction of sp³-hybridized carbons (Fsp3) is 0.538. The predicted molar refractivity (Wildman–Crippen MR) is 82.0 cm³/mol. The van der Waals surface area contributed by atoms with Crippen LogP contribution in [0.25, 0.3) is 11.0 Å².